The molecule has 11 heteroatoms. The van der Waals surface area contributed by atoms with Gasteiger partial charge in [0.2, 0.25) is 0 Å². The third kappa shape index (κ3) is 8.22. The van der Waals surface area contributed by atoms with E-state index in [1.807, 2.05) is 6.92 Å². The zero-order valence-electron chi connectivity index (χ0n) is 21.1. The first kappa shape index (κ1) is 26.9. The molecule has 3 N–H and O–H groups in total. The molecular weight excluding hydrogens is 460 g/mol. The van der Waals surface area contributed by atoms with E-state index in [0.717, 1.165) is 25.9 Å². The zero-order valence-corrected chi connectivity index (χ0v) is 21.1. The Morgan fingerprint density at radius 1 is 1.22 bits per heavy atom. The number of ether oxygens (including phenoxy) is 2. The van der Waals surface area contributed by atoms with Gasteiger partial charge in [-0.15, -0.1) is 0 Å². The van der Waals surface area contributed by atoms with Crippen LogP contribution in [0.5, 0.6) is 11.8 Å². The number of carbonyl (C=O) groups excluding carboxylic acids is 1. The molecule has 3 heterocycles. The minimum Gasteiger partial charge on any atom is -0.488 e. The molecule has 0 aromatic carbocycles. The molecule has 2 aromatic heterocycles. The van der Waals surface area contributed by atoms with Crippen LogP contribution in [0.1, 0.15) is 62.4 Å². The van der Waals surface area contributed by atoms with Gasteiger partial charge in [-0.1, -0.05) is 19.3 Å². The number of methoxy groups -OCH3 is 1. The quantitative estimate of drug-likeness (QED) is 0.558. The van der Waals surface area contributed by atoms with Crippen LogP contribution in [0.3, 0.4) is 0 Å². The second-order valence-corrected chi connectivity index (χ2v) is 9.27. The van der Waals surface area contributed by atoms with E-state index in [2.05, 4.69) is 36.7 Å². The highest BCUT2D eigenvalue weighted by Crippen LogP contribution is 2.32. The number of carbonyl (C=O) groups is 1. The van der Waals surface area contributed by atoms with E-state index in [1.165, 1.54) is 45.5 Å². The molecule has 3 aliphatic rings. The first-order chi connectivity index (χ1) is 17.5. The number of aromatic nitrogens is 4. The number of nitriles is 1. The van der Waals surface area contributed by atoms with Gasteiger partial charge in [0.1, 0.15) is 17.8 Å². The van der Waals surface area contributed by atoms with Gasteiger partial charge >= 0.3 is 6.01 Å². The molecule has 5 rings (SSSR count). The SMILES string of the molecule is C#N.C1CC1.COc1nc(C(=O)NC(C)C2CC2)cc(N2CCC(COc3cncnc3N)CC2)n1. The summed E-state index contributed by atoms with van der Waals surface area (Å²) in [6, 6.07) is 2.10. The number of amides is 1. The number of nitrogens with zero attached hydrogens (tertiary/aromatic N) is 6. The maximum atomic E-state index is 12.7. The third-order valence-electron chi connectivity index (χ3n) is 6.27. The molecule has 11 nitrogen and oxygen atoms in total. The van der Waals surface area contributed by atoms with Gasteiger partial charge in [0.25, 0.3) is 5.91 Å². The molecule has 2 aliphatic carbocycles. The Kier molecular flexibility index (Phi) is 10.0. The van der Waals surface area contributed by atoms with Gasteiger partial charge in [-0.05, 0) is 44.4 Å². The molecule has 0 spiro atoms. The Labute approximate surface area is 212 Å². The molecule has 1 atom stereocenters. The van der Waals surface area contributed by atoms with Crippen LogP contribution in [0.15, 0.2) is 18.6 Å². The van der Waals surface area contributed by atoms with Crippen LogP contribution < -0.4 is 25.4 Å². The van der Waals surface area contributed by atoms with Crippen LogP contribution in [0.2, 0.25) is 0 Å². The van der Waals surface area contributed by atoms with Crippen molar-refractivity contribution in [2.75, 3.05) is 37.4 Å². The minimum atomic E-state index is -0.188. The lowest BCUT2D eigenvalue weighted by atomic mass is 9.98. The maximum absolute atomic E-state index is 12.7. The van der Waals surface area contributed by atoms with Gasteiger partial charge in [-0.2, -0.15) is 9.97 Å². The second kappa shape index (κ2) is 13.4. The fourth-order valence-corrected chi connectivity index (χ4v) is 3.75. The van der Waals surface area contributed by atoms with Crippen molar-refractivity contribution < 1.29 is 14.3 Å². The second-order valence-electron chi connectivity index (χ2n) is 9.27. The summed E-state index contributed by atoms with van der Waals surface area (Å²) in [5.41, 5.74) is 6.14. The third-order valence-corrected chi connectivity index (χ3v) is 6.27. The summed E-state index contributed by atoms with van der Waals surface area (Å²) in [6.45, 7) is 7.70. The zero-order chi connectivity index (χ0) is 25.9. The molecule has 36 heavy (non-hydrogen) atoms. The van der Waals surface area contributed by atoms with E-state index in [9.17, 15) is 4.79 Å². The van der Waals surface area contributed by atoms with E-state index in [4.69, 9.17) is 20.5 Å². The molecular formula is C25H36N8O3. The number of nitrogens with two attached hydrogens (primary N) is 1. The number of anilines is 2. The summed E-state index contributed by atoms with van der Waals surface area (Å²) in [6.07, 6.45) is 11.7. The number of nitrogens with one attached hydrogen (secondary N) is 1. The van der Waals surface area contributed by atoms with Crippen LogP contribution in [0.25, 0.3) is 0 Å². The summed E-state index contributed by atoms with van der Waals surface area (Å²) in [7, 11) is 1.51. The first-order valence-electron chi connectivity index (χ1n) is 12.5. The van der Waals surface area contributed by atoms with Crippen molar-refractivity contribution >= 4 is 17.5 Å². The predicted octanol–water partition coefficient (Wildman–Crippen LogP) is 2.99. The molecule has 1 aliphatic heterocycles. The summed E-state index contributed by atoms with van der Waals surface area (Å²) in [4.78, 5) is 31.4. The van der Waals surface area contributed by atoms with Gasteiger partial charge in [0.05, 0.1) is 19.9 Å². The van der Waals surface area contributed by atoms with Gasteiger partial charge < -0.3 is 25.4 Å². The van der Waals surface area contributed by atoms with Crippen molar-refractivity contribution in [1.82, 2.24) is 25.3 Å². The number of rotatable bonds is 8. The Morgan fingerprint density at radius 2 is 1.92 bits per heavy atom. The number of hydrogen-bond donors (Lipinski definition) is 2. The molecule has 1 unspecified atom stereocenters. The maximum Gasteiger partial charge on any atom is 0.318 e. The fourth-order valence-electron chi connectivity index (χ4n) is 3.75. The average Bonchev–Trinajstić information content (AvgIpc) is 3.81. The Balaban J connectivity index is 0.000000657. The summed E-state index contributed by atoms with van der Waals surface area (Å²) >= 11 is 0. The van der Waals surface area contributed by atoms with Crippen molar-refractivity contribution in [3.05, 3.63) is 24.3 Å². The average molecular weight is 497 g/mol. The smallest absolute Gasteiger partial charge is 0.318 e. The Hall–Kier alpha value is -3.68. The number of hydrogen-bond acceptors (Lipinski definition) is 10. The molecule has 0 radical (unpaired) electrons. The molecule has 1 amide bonds. The van der Waals surface area contributed by atoms with E-state index in [1.54, 1.807) is 12.3 Å². The van der Waals surface area contributed by atoms with E-state index in [-0.39, 0.29) is 18.0 Å². The van der Waals surface area contributed by atoms with Crippen molar-refractivity contribution in [2.45, 2.75) is 57.9 Å². The van der Waals surface area contributed by atoms with Crippen LogP contribution in [-0.4, -0.2) is 58.7 Å². The summed E-state index contributed by atoms with van der Waals surface area (Å²) in [5.74, 6) is 2.35. The van der Waals surface area contributed by atoms with Crippen LogP contribution in [0.4, 0.5) is 11.6 Å². The van der Waals surface area contributed by atoms with E-state index < -0.39 is 0 Å². The topological polar surface area (TPSA) is 152 Å². The Morgan fingerprint density at radius 3 is 2.50 bits per heavy atom. The fraction of sp³-hybridized carbons (Fsp3) is 0.600. The largest absolute Gasteiger partial charge is 0.488 e. The van der Waals surface area contributed by atoms with Gasteiger partial charge in [0, 0.05) is 31.8 Å². The lowest BCUT2D eigenvalue weighted by Gasteiger charge is -2.32. The monoisotopic (exact) mass is 496 g/mol. The van der Waals surface area contributed by atoms with Gasteiger partial charge in [-0.3, -0.25) is 4.79 Å². The van der Waals surface area contributed by atoms with Crippen molar-refractivity contribution in [3.63, 3.8) is 0 Å². The first-order valence-corrected chi connectivity index (χ1v) is 12.5. The number of piperidine rings is 1. The van der Waals surface area contributed by atoms with Crippen molar-refractivity contribution in [2.24, 2.45) is 11.8 Å². The molecule has 2 saturated carbocycles. The van der Waals surface area contributed by atoms with E-state index >= 15 is 0 Å². The van der Waals surface area contributed by atoms with Gasteiger partial charge in [-0.25, -0.2) is 15.2 Å². The predicted molar refractivity (Wildman–Crippen MR) is 136 cm³/mol. The lowest BCUT2D eigenvalue weighted by Crippen LogP contribution is -2.37. The van der Waals surface area contributed by atoms with Crippen molar-refractivity contribution in [1.29, 1.82) is 5.26 Å². The summed E-state index contributed by atoms with van der Waals surface area (Å²) in [5, 5.41) is 9.54. The van der Waals surface area contributed by atoms with Crippen LogP contribution in [0, 0.1) is 23.7 Å². The Bertz CT molecular complexity index is 1000. The normalized spacial score (nSPS) is 17.4. The van der Waals surface area contributed by atoms with E-state index in [0.29, 0.717) is 41.5 Å². The molecule has 3 fully saturated rings. The number of nitrogen functional groups attached to an aromatic ring is 1. The lowest BCUT2D eigenvalue weighted by molar-refractivity contribution is 0.0929. The molecule has 194 valence electrons. The summed E-state index contributed by atoms with van der Waals surface area (Å²) < 4.78 is 11.0. The molecule has 2 aromatic rings. The van der Waals surface area contributed by atoms with Crippen molar-refractivity contribution in [3.8, 4) is 18.3 Å². The van der Waals surface area contributed by atoms with Crippen LogP contribution >= 0.6 is 0 Å². The molecule has 0 bridgehead atoms. The highest BCUT2D eigenvalue weighted by atomic mass is 16.5. The highest BCUT2D eigenvalue weighted by Gasteiger charge is 2.30. The minimum absolute atomic E-state index is 0.150. The highest BCUT2D eigenvalue weighted by molar-refractivity contribution is 5.93. The van der Waals surface area contributed by atoms with Gasteiger partial charge in [0.15, 0.2) is 11.6 Å². The standard InChI is InChI=1S/C21H29N7O3.C3H6.CHN/c1-13(15-3-4-15)25-20(29)16-9-18(27-21(26-16)30-2)28-7-5-14(6-8-28)11-31-17-10-23-12-24-19(17)22;1-2-3-1;1-2/h9-10,12-15H,3-8,11H2,1-2H3,(H,25,29)(H2,22,23,24);1-3H2;1H. The van der Waals surface area contributed by atoms with Crippen LogP contribution in [-0.2, 0) is 0 Å². The molecule has 1 saturated heterocycles.